The molecule has 1 N–H and O–H groups in total. The number of fused-ring (bicyclic) bond motifs is 1. The first-order valence-electron chi connectivity index (χ1n) is 8.88. The zero-order valence-corrected chi connectivity index (χ0v) is 16.0. The second-order valence-electron chi connectivity index (χ2n) is 6.11. The van der Waals surface area contributed by atoms with E-state index in [0.29, 0.717) is 17.3 Å². The Kier molecular flexibility index (Phi) is 6.34. The SMILES string of the molecule is CC.Cc1ccc2c(c1)c(=O)n(CC1=CC=C(C(=O)O)C=CC1)c(=O)n2C. The topological polar surface area (TPSA) is 81.3 Å². The summed E-state index contributed by atoms with van der Waals surface area (Å²) in [5, 5.41) is 9.54. The van der Waals surface area contributed by atoms with E-state index in [0.717, 1.165) is 11.1 Å². The van der Waals surface area contributed by atoms with Crippen molar-refractivity contribution in [1.82, 2.24) is 9.13 Å². The number of rotatable bonds is 3. The van der Waals surface area contributed by atoms with Crippen molar-refractivity contribution >= 4 is 16.9 Å². The third-order valence-corrected chi connectivity index (χ3v) is 4.29. The molecule has 0 fully saturated rings. The molecular formula is C21H24N2O4. The predicted octanol–water partition coefficient (Wildman–Crippen LogP) is 2.93. The normalized spacial score (nSPS) is 13.3. The zero-order valence-electron chi connectivity index (χ0n) is 16.0. The van der Waals surface area contributed by atoms with E-state index in [-0.39, 0.29) is 17.7 Å². The number of aliphatic carboxylic acids is 1. The highest BCUT2D eigenvalue weighted by Crippen LogP contribution is 2.14. The van der Waals surface area contributed by atoms with Crippen molar-refractivity contribution in [2.45, 2.75) is 33.7 Å². The first-order chi connectivity index (χ1) is 12.9. The van der Waals surface area contributed by atoms with Crippen molar-refractivity contribution in [2.75, 3.05) is 0 Å². The number of carbonyl (C=O) groups is 1. The number of aromatic nitrogens is 2. The summed E-state index contributed by atoms with van der Waals surface area (Å²) in [6, 6.07) is 5.41. The minimum absolute atomic E-state index is 0.128. The summed E-state index contributed by atoms with van der Waals surface area (Å²) in [6.07, 6.45) is 6.88. The summed E-state index contributed by atoms with van der Waals surface area (Å²) in [5.41, 5.74) is 1.78. The molecule has 6 heteroatoms. The highest BCUT2D eigenvalue weighted by atomic mass is 16.4. The highest BCUT2D eigenvalue weighted by Gasteiger charge is 2.13. The molecule has 0 saturated carbocycles. The van der Waals surface area contributed by atoms with Crippen molar-refractivity contribution in [3.05, 3.63) is 80.1 Å². The summed E-state index contributed by atoms with van der Waals surface area (Å²) < 4.78 is 2.66. The molecule has 1 aliphatic rings. The van der Waals surface area contributed by atoms with E-state index in [1.54, 1.807) is 31.3 Å². The number of carboxylic acid groups (broad SMARTS) is 1. The van der Waals surface area contributed by atoms with Gasteiger partial charge in [-0.2, -0.15) is 0 Å². The molecule has 0 unspecified atom stereocenters. The lowest BCUT2D eigenvalue weighted by atomic mass is 10.1. The van der Waals surface area contributed by atoms with Crippen LogP contribution in [0.1, 0.15) is 25.8 Å². The van der Waals surface area contributed by atoms with Gasteiger partial charge in [0.2, 0.25) is 0 Å². The standard InChI is InChI=1S/C19H18N2O4.C2H6/c1-12-6-9-16-15(10-12)17(22)21(19(25)20(16)2)11-13-4-3-5-14(8-7-13)18(23)24;1-2/h3,5-10H,4,11H2,1-2H3,(H,23,24);1-2H3. The Morgan fingerprint density at radius 2 is 1.89 bits per heavy atom. The van der Waals surface area contributed by atoms with Gasteiger partial charge in [0.15, 0.2) is 0 Å². The molecule has 6 nitrogen and oxygen atoms in total. The van der Waals surface area contributed by atoms with Gasteiger partial charge in [0.05, 0.1) is 23.0 Å². The second kappa shape index (κ2) is 8.49. The van der Waals surface area contributed by atoms with Gasteiger partial charge >= 0.3 is 11.7 Å². The number of benzene rings is 1. The fourth-order valence-corrected chi connectivity index (χ4v) is 2.90. The van der Waals surface area contributed by atoms with Crippen LogP contribution in [0, 0.1) is 6.92 Å². The van der Waals surface area contributed by atoms with Gasteiger partial charge in [-0.3, -0.25) is 13.9 Å². The first-order valence-corrected chi connectivity index (χ1v) is 8.88. The average Bonchev–Trinajstić information content (AvgIpc) is 2.91. The van der Waals surface area contributed by atoms with Crippen molar-refractivity contribution in [2.24, 2.45) is 7.05 Å². The third kappa shape index (κ3) is 4.16. The molecule has 1 aromatic carbocycles. The molecule has 1 aliphatic carbocycles. The molecule has 3 rings (SSSR count). The molecular weight excluding hydrogens is 344 g/mol. The summed E-state index contributed by atoms with van der Waals surface area (Å²) in [6.45, 7) is 6.02. The summed E-state index contributed by atoms with van der Waals surface area (Å²) in [5.74, 6) is -1.01. The molecule has 142 valence electrons. The Morgan fingerprint density at radius 3 is 2.56 bits per heavy atom. The Hall–Kier alpha value is -3.15. The molecule has 0 radical (unpaired) electrons. The maximum Gasteiger partial charge on any atom is 0.335 e. The maximum absolute atomic E-state index is 12.8. The van der Waals surface area contributed by atoms with E-state index >= 15 is 0 Å². The summed E-state index contributed by atoms with van der Waals surface area (Å²) in [4.78, 5) is 36.4. The van der Waals surface area contributed by atoms with Gasteiger partial charge in [-0.1, -0.05) is 43.7 Å². The molecule has 0 atom stereocenters. The monoisotopic (exact) mass is 368 g/mol. The Morgan fingerprint density at radius 1 is 1.19 bits per heavy atom. The Bertz CT molecular complexity index is 1080. The van der Waals surface area contributed by atoms with E-state index in [4.69, 9.17) is 5.11 Å². The van der Waals surface area contributed by atoms with Crippen molar-refractivity contribution in [3.8, 4) is 0 Å². The van der Waals surface area contributed by atoms with Crippen molar-refractivity contribution in [3.63, 3.8) is 0 Å². The largest absolute Gasteiger partial charge is 0.478 e. The molecule has 0 saturated heterocycles. The van der Waals surface area contributed by atoms with Crippen LogP contribution in [0.25, 0.3) is 10.9 Å². The molecule has 2 aromatic rings. The first kappa shape index (κ1) is 20.2. The molecule has 0 bridgehead atoms. The van der Waals surface area contributed by atoms with Crippen LogP contribution in [0.4, 0.5) is 0 Å². The lowest BCUT2D eigenvalue weighted by Crippen LogP contribution is -2.39. The van der Waals surface area contributed by atoms with Gasteiger partial charge in [-0.15, -0.1) is 0 Å². The van der Waals surface area contributed by atoms with Crippen molar-refractivity contribution < 1.29 is 9.90 Å². The molecule has 0 aliphatic heterocycles. The van der Waals surface area contributed by atoms with Crippen molar-refractivity contribution in [1.29, 1.82) is 0 Å². The zero-order chi connectivity index (χ0) is 20.1. The van der Waals surface area contributed by atoms with E-state index in [9.17, 15) is 14.4 Å². The number of aryl methyl sites for hydroxylation is 2. The van der Waals surface area contributed by atoms with Gasteiger partial charge in [-0.05, 0) is 37.1 Å². The molecule has 0 spiro atoms. The molecule has 0 amide bonds. The number of carboxylic acids is 1. The smallest absolute Gasteiger partial charge is 0.335 e. The van der Waals surface area contributed by atoms with Gasteiger partial charge in [0.25, 0.3) is 5.56 Å². The fraction of sp³-hybridized carbons (Fsp3) is 0.286. The number of nitrogens with zero attached hydrogens (tertiary/aromatic N) is 2. The van der Waals surface area contributed by atoms with Crippen LogP contribution < -0.4 is 11.2 Å². The van der Waals surface area contributed by atoms with Crippen LogP contribution in [0.3, 0.4) is 0 Å². The van der Waals surface area contributed by atoms with Gasteiger partial charge < -0.3 is 5.11 Å². The van der Waals surface area contributed by atoms with Gasteiger partial charge in [0, 0.05) is 7.05 Å². The minimum Gasteiger partial charge on any atom is -0.478 e. The van der Waals surface area contributed by atoms with Crippen LogP contribution >= 0.6 is 0 Å². The molecule has 1 aromatic heterocycles. The van der Waals surface area contributed by atoms with Crippen LogP contribution in [-0.2, 0) is 18.4 Å². The minimum atomic E-state index is -1.01. The highest BCUT2D eigenvalue weighted by molar-refractivity contribution is 5.90. The number of hydrogen-bond acceptors (Lipinski definition) is 3. The molecule has 1 heterocycles. The van der Waals surface area contributed by atoms with Crippen LogP contribution in [-0.4, -0.2) is 20.2 Å². The van der Waals surface area contributed by atoms with E-state index in [1.165, 1.54) is 21.3 Å². The number of allylic oxidation sites excluding steroid dienone is 4. The third-order valence-electron chi connectivity index (χ3n) is 4.29. The fourth-order valence-electron chi connectivity index (χ4n) is 2.90. The summed E-state index contributed by atoms with van der Waals surface area (Å²) in [7, 11) is 1.64. The van der Waals surface area contributed by atoms with E-state index in [1.807, 2.05) is 26.8 Å². The molecule has 27 heavy (non-hydrogen) atoms. The maximum atomic E-state index is 12.8. The van der Waals surface area contributed by atoms with Gasteiger partial charge in [-0.25, -0.2) is 9.59 Å². The number of hydrogen-bond donors (Lipinski definition) is 1. The lowest BCUT2D eigenvalue weighted by molar-refractivity contribution is -0.132. The van der Waals surface area contributed by atoms with Crippen LogP contribution in [0.5, 0.6) is 0 Å². The Labute approximate surface area is 157 Å². The second-order valence-corrected chi connectivity index (χ2v) is 6.11. The van der Waals surface area contributed by atoms with Crippen LogP contribution in [0.2, 0.25) is 0 Å². The summed E-state index contributed by atoms with van der Waals surface area (Å²) >= 11 is 0. The van der Waals surface area contributed by atoms with E-state index in [2.05, 4.69) is 0 Å². The quantitative estimate of drug-likeness (QED) is 0.903. The van der Waals surface area contributed by atoms with Crippen LogP contribution in [0.15, 0.2) is 63.2 Å². The predicted molar refractivity (Wildman–Crippen MR) is 107 cm³/mol. The van der Waals surface area contributed by atoms with E-state index < -0.39 is 11.7 Å². The van der Waals surface area contributed by atoms with Gasteiger partial charge in [0.1, 0.15) is 0 Å². The average molecular weight is 368 g/mol. The lowest BCUT2D eigenvalue weighted by Gasteiger charge is -2.12. The Balaban J connectivity index is 0.00000126.